The summed E-state index contributed by atoms with van der Waals surface area (Å²) >= 11 is 0. The number of anilines is 1. The van der Waals surface area contributed by atoms with E-state index in [4.69, 9.17) is 4.74 Å². The summed E-state index contributed by atoms with van der Waals surface area (Å²) in [5.74, 6) is 0.749. The van der Waals surface area contributed by atoms with Gasteiger partial charge in [-0.15, -0.1) is 14.8 Å². The molecule has 0 spiro atoms. The molecule has 1 fully saturated rings. The van der Waals surface area contributed by atoms with Crippen molar-refractivity contribution in [1.29, 1.82) is 0 Å². The van der Waals surface area contributed by atoms with Crippen molar-refractivity contribution in [3.05, 3.63) is 12.1 Å². The van der Waals surface area contributed by atoms with Crippen molar-refractivity contribution >= 4 is 11.5 Å². The number of nitrogens with one attached hydrogen (secondary N) is 1. The van der Waals surface area contributed by atoms with Crippen molar-refractivity contribution < 1.29 is 4.74 Å². The minimum atomic E-state index is -0.235. The number of nitrogens with zero attached hydrogens (tertiary/aromatic N) is 5. The molecular weight excluding hydrogens is 244 g/mol. The van der Waals surface area contributed by atoms with Crippen LogP contribution in [0.15, 0.2) is 12.1 Å². The summed E-state index contributed by atoms with van der Waals surface area (Å²) in [6.07, 6.45) is 0.926. The van der Waals surface area contributed by atoms with Gasteiger partial charge in [0.15, 0.2) is 5.65 Å². The Balaban J connectivity index is 1.84. The van der Waals surface area contributed by atoms with Crippen LogP contribution in [0.5, 0.6) is 0 Å². The van der Waals surface area contributed by atoms with Gasteiger partial charge in [-0.2, -0.15) is 0 Å². The molecule has 1 N–H and O–H groups in total. The van der Waals surface area contributed by atoms with Crippen molar-refractivity contribution in [2.75, 3.05) is 5.32 Å². The zero-order chi connectivity index (χ0) is 13.7. The number of hydrogen-bond acceptors (Lipinski definition) is 6. The van der Waals surface area contributed by atoms with E-state index in [0.29, 0.717) is 5.65 Å². The second-order valence-electron chi connectivity index (χ2n) is 6.11. The fraction of sp³-hybridized carbons (Fsp3) is 0.667. The van der Waals surface area contributed by atoms with E-state index in [1.165, 1.54) is 4.63 Å². The highest BCUT2D eigenvalue weighted by atomic mass is 16.5. The normalized spacial score (nSPS) is 24.7. The Bertz CT molecular complexity index is 605. The van der Waals surface area contributed by atoms with Gasteiger partial charge < -0.3 is 10.1 Å². The van der Waals surface area contributed by atoms with Crippen molar-refractivity contribution in [1.82, 2.24) is 25.3 Å². The molecule has 0 radical (unpaired) electrons. The fourth-order valence-electron chi connectivity index (χ4n) is 2.69. The van der Waals surface area contributed by atoms with Crippen LogP contribution in [0.3, 0.4) is 0 Å². The molecule has 0 amide bonds. The lowest BCUT2D eigenvalue weighted by Gasteiger charge is -2.27. The van der Waals surface area contributed by atoms with Gasteiger partial charge in [-0.25, -0.2) is 0 Å². The summed E-state index contributed by atoms with van der Waals surface area (Å²) in [5, 5.41) is 18.9. The first-order chi connectivity index (χ1) is 8.86. The second kappa shape index (κ2) is 3.86. The minimum Gasteiger partial charge on any atom is -0.367 e. The molecule has 102 valence electrons. The summed E-state index contributed by atoms with van der Waals surface area (Å²) in [6.45, 7) is 8.40. The monoisotopic (exact) mass is 262 g/mol. The third kappa shape index (κ3) is 2.25. The Morgan fingerprint density at radius 2 is 2.11 bits per heavy atom. The largest absolute Gasteiger partial charge is 0.367 e. The van der Waals surface area contributed by atoms with E-state index >= 15 is 0 Å². The van der Waals surface area contributed by atoms with Gasteiger partial charge in [0.2, 0.25) is 0 Å². The van der Waals surface area contributed by atoms with Gasteiger partial charge >= 0.3 is 0 Å². The highest BCUT2D eigenvalue weighted by molar-refractivity contribution is 5.43. The van der Waals surface area contributed by atoms with Crippen LogP contribution in [-0.2, 0) is 4.74 Å². The Labute approximate surface area is 111 Å². The lowest BCUT2D eigenvalue weighted by Crippen LogP contribution is -2.38. The van der Waals surface area contributed by atoms with E-state index in [1.807, 2.05) is 12.1 Å². The van der Waals surface area contributed by atoms with Crippen LogP contribution in [-0.4, -0.2) is 42.5 Å². The molecule has 3 rings (SSSR count). The Kier molecular flexibility index (Phi) is 2.50. The zero-order valence-electron chi connectivity index (χ0n) is 11.6. The third-order valence-corrected chi connectivity index (χ3v) is 3.47. The predicted octanol–water partition coefficient (Wildman–Crippen LogP) is 1.28. The van der Waals surface area contributed by atoms with Gasteiger partial charge in [-0.3, -0.25) is 0 Å². The predicted molar refractivity (Wildman–Crippen MR) is 69.8 cm³/mol. The molecule has 1 atom stereocenters. The highest BCUT2D eigenvalue weighted by Gasteiger charge is 2.45. The van der Waals surface area contributed by atoms with E-state index in [0.717, 1.165) is 12.2 Å². The van der Waals surface area contributed by atoms with Crippen LogP contribution in [0.4, 0.5) is 5.82 Å². The van der Waals surface area contributed by atoms with Gasteiger partial charge in [0.25, 0.3) is 0 Å². The number of rotatable bonds is 2. The Morgan fingerprint density at radius 3 is 2.79 bits per heavy atom. The van der Waals surface area contributed by atoms with Crippen molar-refractivity contribution in [3.8, 4) is 0 Å². The molecule has 0 aliphatic carbocycles. The standard InChI is InChI=1S/C12H18N6O/c1-11(2)7-8(12(3,4)19-11)13-9-5-6-10-14-16-17-18(10)15-9/h5-6,8H,7H2,1-4H3,(H,13,15). The highest BCUT2D eigenvalue weighted by Crippen LogP contribution is 2.38. The summed E-state index contributed by atoms with van der Waals surface area (Å²) < 4.78 is 7.47. The summed E-state index contributed by atoms with van der Waals surface area (Å²) in [5.41, 5.74) is 0.272. The summed E-state index contributed by atoms with van der Waals surface area (Å²) in [4.78, 5) is 0. The third-order valence-electron chi connectivity index (χ3n) is 3.47. The lowest BCUT2D eigenvalue weighted by atomic mass is 9.94. The minimum absolute atomic E-state index is 0.125. The number of tetrazole rings is 1. The molecular formula is C12H18N6O. The number of ether oxygens (including phenoxy) is 1. The molecule has 7 nitrogen and oxygen atoms in total. The maximum atomic E-state index is 6.06. The molecule has 1 aliphatic rings. The molecule has 1 aliphatic heterocycles. The smallest absolute Gasteiger partial charge is 0.200 e. The van der Waals surface area contributed by atoms with E-state index in [2.05, 4.69) is 53.6 Å². The van der Waals surface area contributed by atoms with E-state index < -0.39 is 0 Å². The zero-order valence-corrected chi connectivity index (χ0v) is 11.6. The lowest BCUT2D eigenvalue weighted by molar-refractivity contribution is -0.0662. The van der Waals surface area contributed by atoms with Crippen molar-refractivity contribution in [2.24, 2.45) is 0 Å². The van der Waals surface area contributed by atoms with Crippen molar-refractivity contribution in [2.45, 2.75) is 51.4 Å². The van der Waals surface area contributed by atoms with Crippen LogP contribution < -0.4 is 5.32 Å². The molecule has 0 aromatic carbocycles. The molecule has 0 bridgehead atoms. The first-order valence-electron chi connectivity index (χ1n) is 6.38. The number of fused-ring (bicyclic) bond motifs is 1. The Hall–Kier alpha value is -1.76. The molecule has 1 unspecified atom stereocenters. The van der Waals surface area contributed by atoms with Crippen molar-refractivity contribution in [3.63, 3.8) is 0 Å². The fourth-order valence-corrected chi connectivity index (χ4v) is 2.69. The maximum absolute atomic E-state index is 6.06. The molecule has 2 aromatic heterocycles. The second-order valence-corrected chi connectivity index (χ2v) is 6.11. The van der Waals surface area contributed by atoms with Gasteiger partial charge in [-0.1, -0.05) is 0 Å². The van der Waals surface area contributed by atoms with Crippen LogP contribution in [0, 0.1) is 0 Å². The number of aromatic nitrogens is 5. The number of hydrogen-bond donors (Lipinski definition) is 1. The van der Waals surface area contributed by atoms with E-state index in [1.54, 1.807) is 0 Å². The van der Waals surface area contributed by atoms with Crippen LogP contribution in [0.25, 0.3) is 5.65 Å². The van der Waals surface area contributed by atoms with E-state index in [9.17, 15) is 0 Å². The average Bonchev–Trinajstić information content (AvgIpc) is 2.80. The molecule has 2 aromatic rings. The average molecular weight is 262 g/mol. The van der Waals surface area contributed by atoms with Gasteiger partial charge in [0.1, 0.15) is 5.82 Å². The first-order valence-corrected chi connectivity index (χ1v) is 6.38. The van der Waals surface area contributed by atoms with Gasteiger partial charge in [-0.05, 0) is 56.7 Å². The molecule has 3 heterocycles. The molecule has 7 heteroatoms. The molecule has 0 saturated carbocycles. The Morgan fingerprint density at radius 1 is 1.32 bits per heavy atom. The van der Waals surface area contributed by atoms with Crippen LogP contribution in [0.2, 0.25) is 0 Å². The van der Waals surface area contributed by atoms with Gasteiger partial charge in [0, 0.05) is 0 Å². The summed E-state index contributed by atoms with van der Waals surface area (Å²) in [6, 6.07) is 3.92. The maximum Gasteiger partial charge on any atom is 0.200 e. The molecule has 19 heavy (non-hydrogen) atoms. The first kappa shape index (κ1) is 12.3. The quantitative estimate of drug-likeness (QED) is 0.878. The topological polar surface area (TPSA) is 77.2 Å². The van der Waals surface area contributed by atoms with E-state index in [-0.39, 0.29) is 17.2 Å². The van der Waals surface area contributed by atoms with Gasteiger partial charge in [0.05, 0.1) is 17.2 Å². The molecule has 1 saturated heterocycles. The summed E-state index contributed by atoms with van der Waals surface area (Å²) in [7, 11) is 0. The SMILES string of the molecule is CC1(C)CC(Nc2ccc3nnnn3n2)C(C)(C)O1. The van der Waals surface area contributed by atoms with Crippen LogP contribution in [0.1, 0.15) is 34.1 Å². The van der Waals surface area contributed by atoms with Crippen LogP contribution >= 0.6 is 0 Å².